The van der Waals surface area contributed by atoms with Crippen molar-refractivity contribution in [1.29, 1.82) is 0 Å². The van der Waals surface area contributed by atoms with Gasteiger partial charge < -0.3 is 0 Å². The zero-order chi connectivity index (χ0) is 13.1. The van der Waals surface area contributed by atoms with Crippen LogP contribution in [0.5, 0.6) is 0 Å². The molecule has 0 amide bonds. The molecule has 0 fully saturated rings. The average Bonchev–Trinajstić information content (AvgIpc) is 2.34. The standard InChI is InChI=1S/C14H11BrFNO/c1-9-8-17-5-4-12(9)14(18)7-10-6-11(15)2-3-13(10)16/h2-6,8H,7H2,1H3. The molecule has 0 atom stereocenters. The largest absolute Gasteiger partial charge is 0.294 e. The van der Waals surface area contributed by atoms with Crippen molar-refractivity contribution in [2.24, 2.45) is 0 Å². The van der Waals surface area contributed by atoms with Crippen LogP contribution in [0.4, 0.5) is 4.39 Å². The van der Waals surface area contributed by atoms with Gasteiger partial charge in [-0.3, -0.25) is 9.78 Å². The van der Waals surface area contributed by atoms with E-state index in [1.165, 1.54) is 6.07 Å². The molecule has 2 rings (SSSR count). The number of benzene rings is 1. The van der Waals surface area contributed by atoms with E-state index in [1.807, 2.05) is 6.92 Å². The average molecular weight is 308 g/mol. The van der Waals surface area contributed by atoms with Gasteiger partial charge in [0.25, 0.3) is 0 Å². The molecule has 0 spiro atoms. The number of ketones is 1. The first-order chi connectivity index (χ1) is 8.58. The van der Waals surface area contributed by atoms with Gasteiger partial charge in [-0.15, -0.1) is 0 Å². The van der Waals surface area contributed by atoms with Crippen molar-refractivity contribution < 1.29 is 9.18 Å². The molecule has 0 N–H and O–H groups in total. The Labute approximate surface area is 113 Å². The fraction of sp³-hybridized carbons (Fsp3) is 0.143. The molecule has 2 aromatic rings. The Morgan fingerprint density at radius 1 is 1.39 bits per heavy atom. The molecular weight excluding hydrogens is 297 g/mol. The van der Waals surface area contributed by atoms with Gasteiger partial charge in [-0.1, -0.05) is 15.9 Å². The van der Waals surface area contributed by atoms with Gasteiger partial charge in [0.15, 0.2) is 5.78 Å². The first-order valence-corrected chi connectivity index (χ1v) is 6.25. The zero-order valence-electron chi connectivity index (χ0n) is 9.78. The topological polar surface area (TPSA) is 30.0 Å². The third kappa shape index (κ3) is 2.82. The Bertz CT molecular complexity index is 598. The van der Waals surface area contributed by atoms with Crippen LogP contribution in [0.3, 0.4) is 0 Å². The van der Waals surface area contributed by atoms with Crippen LogP contribution in [-0.4, -0.2) is 10.8 Å². The van der Waals surface area contributed by atoms with E-state index < -0.39 is 0 Å². The fourth-order valence-electron chi connectivity index (χ4n) is 1.73. The minimum absolute atomic E-state index is 0.0517. The van der Waals surface area contributed by atoms with E-state index in [2.05, 4.69) is 20.9 Å². The Balaban J connectivity index is 2.27. The summed E-state index contributed by atoms with van der Waals surface area (Å²) in [5, 5.41) is 0. The van der Waals surface area contributed by atoms with Gasteiger partial charge in [-0.05, 0) is 42.3 Å². The number of carbonyl (C=O) groups excluding carboxylic acids is 1. The lowest BCUT2D eigenvalue weighted by molar-refractivity contribution is 0.0991. The molecule has 0 aliphatic carbocycles. The van der Waals surface area contributed by atoms with Gasteiger partial charge in [0.1, 0.15) is 5.82 Å². The van der Waals surface area contributed by atoms with Crippen LogP contribution in [0.1, 0.15) is 21.5 Å². The highest BCUT2D eigenvalue weighted by molar-refractivity contribution is 9.10. The van der Waals surface area contributed by atoms with Crippen LogP contribution in [0.15, 0.2) is 41.1 Å². The summed E-state index contributed by atoms with van der Waals surface area (Å²) < 4.78 is 14.3. The van der Waals surface area contributed by atoms with Crippen molar-refractivity contribution in [2.75, 3.05) is 0 Å². The first-order valence-electron chi connectivity index (χ1n) is 5.45. The second kappa shape index (κ2) is 5.40. The molecule has 1 aromatic carbocycles. The van der Waals surface area contributed by atoms with Crippen LogP contribution in [0, 0.1) is 12.7 Å². The molecule has 2 nitrogen and oxygen atoms in total. The third-order valence-electron chi connectivity index (χ3n) is 2.68. The molecule has 0 bridgehead atoms. The van der Waals surface area contributed by atoms with Crippen molar-refractivity contribution in [3.8, 4) is 0 Å². The predicted molar refractivity (Wildman–Crippen MR) is 71.1 cm³/mol. The summed E-state index contributed by atoms with van der Waals surface area (Å²) in [5.74, 6) is -0.467. The zero-order valence-corrected chi connectivity index (χ0v) is 11.4. The Morgan fingerprint density at radius 2 is 2.17 bits per heavy atom. The monoisotopic (exact) mass is 307 g/mol. The Kier molecular flexibility index (Phi) is 3.87. The SMILES string of the molecule is Cc1cnccc1C(=O)Cc1cc(Br)ccc1F. The normalized spacial score (nSPS) is 10.4. The van der Waals surface area contributed by atoms with Crippen molar-refractivity contribution in [1.82, 2.24) is 4.98 Å². The van der Waals surface area contributed by atoms with Crippen LogP contribution >= 0.6 is 15.9 Å². The number of hydrogen-bond acceptors (Lipinski definition) is 2. The number of nitrogens with zero attached hydrogens (tertiary/aromatic N) is 1. The van der Waals surface area contributed by atoms with E-state index in [0.717, 1.165) is 10.0 Å². The van der Waals surface area contributed by atoms with E-state index >= 15 is 0 Å². The molecule has 1 aromatic heterocycles. The minimum Gasteiger partial charge on any atom is -0.294 e. The van der Waals surface area contributed by atoms with Gasteiger partial charge in [-0.25, -0.2) is 4.39 Å². The summed E-state index contributed by atoms with van der Waals surface area (Å²) in [5.41, 5.74) is 1.79. The second-order valence-corrected chi connectivity index (χ2v) is 4.94. The van der Waals surface area contributed by atoms with Crippen LogP contribution < -0.4 is 0 Å². The van der Waals surface area contributed by atoms with E-state index in [-0.39, 0.29) is 18.0 Å². The molecule has 92 valence electrons. The lowest BCUT2D eigenvalue weighted by Crippen LogP contribution is -2.07. The maximum Gasteiger partial charge on any atom is 0.167 e. The number of Topliss-reactive ketones (excluding diaryl/α,β-unsaturated/α-hetero) is 1. The number of halogens is 2. The smallest absolute Gasteiger partial charge is 0.167 e. The van der Waals surface area contributed by atoms with Gasteiger partial charge in [0, 0.05) is 28.9 Å². The number of aryl methyl sites for hydroxylation is 1. The van der Waals surface area contributed by atoms with Gasteiger partial charge >= 0.3 is 0 Å². The first kappa shape index (κ1) is 12.9. The van der Waals surface area contributed by atoms with Crippen molar-refractivity contribution in [2.45, 2.75) is 13.3 Å². The maximum absolute atomic E-state index is 13.6. The van der Waals surface area contributed by atoms with Crippen LogP contribution in [0.25, 0.3) is 0 Å². The van der Waals surface area contributed by atoms with Crippen molar-refractivity contribution in [3.63, 3.8) is 0 Å². The number of aromatic nitrogens is 1. The molecule has 0 aliphatic heterocycles. The summed E-state index contributed by atoms with van der Waals surface area (Å²) in [7, 11) is 0. The third-order valence-corrected chi connectivity index (χ3v) is 3.17. The number of rotatable bonds is 3. The van der Waals surface area contributed by atoms with E-state index in [1.54, 1.807) is 30.6 Å². The van der Waals surface area contributed by atoms with Crippen LogP contribution in [0.2, 0.25) is 0 Å². The van der Waals surface area contributed by atoms with Crippen LogP contribution in [-0.2, 0) is 6.42 Å². The Hall–Kier alpha value is -1.55. The summed E-state index contributed by atoms with van der Waals surface area (Å²) >= 11 is 3.27. The van der Waals surface area contributed by atoms with E-state index in [4.69, 9.17) is 0 Å². The highest BCUT2D eigenvalue weighted by Gasteiger charge is 2.12. The molecule has 18 heavy (non-hydrogen) atoms. The molecule has 1 heterocycles. The van der Waals surface area contributed by atoms with Gasteiger partial charge in [0.05, 0.1) is 0 Å². The number of carbonyl (C=O) groups is 1. The highest BCUT2D eigenvalue weighted by atomic mass is 79.9. The Morgan fingerprint density at radius 3 is 2.89 bits per heavy atom. The summed E-state index contributed by atoms with van der Waals surface area (Å²) in [4.78, 5) is 16.0. The summed E-state index contributed by atoms with van der Waals surface area (Å²) in [6.07, 6.45) is 3.25. The van der Waals surface area contributed by atoms with Crippen molar-refractivity contribution >= 4 is 21.7 Å². The fourth-order valence-corrected chi connectivity index (χ4v) is 2.14. The quantitative estimate of drug-likeness (QED) is 0.809. The van der Waals surface area contributed by atoms with E-state index in [0.29, 0.717) is 11.1 Å². The van der Waals surface area contributed by atoms with Gasteiger partial charge in [0.2, 0.25) is 0 Å². The molecule has 0 unspecified atom stereocenters. The molecular formula is C14H11BrFNO. The molecule has 0 saturated carbocycles. The molecule has 0 radical (unpaired) electrons. The van der Waals surface area contributed by atoms with Crippen molar-refractivity contribution in [3.05, 3.63) is 63.6 Å². The highest BCUT2D eigenvalue weighted by Crippen LogP contribution is 2.18. The molecule has 4 heteroatoms. The lowest BCUT2D eigenvalue weighted by Gasteiger charge is -2.06. The minimum atomic E-state index is -0.363. The second-order valence-electron chi connectivity index (χ2n) is 4.03. The number of pyridine rings is 1. The summed E-state index contributed by atoms with van der Waals surface area (Å²) in [6.45, 7) is 1.82. The van der Waals surface area contributed by atoms with Gasteiger partial charge in [-0.2, -0.15) is 0 Å². The van der Waals surface area contributed by atoms with E-state index in [9.17, 15) is 9.18 Å². The lowest BCUT2D eigenvalue weighted by atomic mass is 10.0. The number of hydrogen-bond donors (Lipinski definition) is 0. The molecule has 0 saturated heterocycles. The summed E-state index contributed by atoms with van der Waals surface area (Å²) in [6, 6.07) is 6.25. The predicted octanol–water partition coefficient (Wildman–Crippen LogP) is 3.72. The maximum atomic E-state index is 13.6. The molecule has 0 aliphatic rings.